The van der Waals surface area contributed by atoms with Gasteiger partial charge in [-0.25, -0.2) is 0 Å². The zero-order chi connectivity index (χ0) is 9.14. The minimum absolute atomic E-state index is 0.0332. The molecule has 68 valence electrons. The van der Waals surface area contributed by atoms with E-state index in [2.05, 4.69) is 6.58 Å². The van der Waals surface area contributed by atoms with E-state index in [1.165, 1.54) is 0 Å². The largest absolute Gasteiger partial charge is 0.373 e. The second-order valence-corrected chi connectivity index (χ2v) is 3.09. The molecule has 2 unspecified atom stereocenters. The van der Waals surface area contributed by atoms with E-state index >= 15 is 0 Å². The van der Waals surface area contributed by atoms with Gasteiger partial charge >= 0.3 is 0 Å². The Bertz CT molecular complexity index is 198. The average Bonchev–Trinajstić information content (AvgIpc) is 2.01. The number of ether oxygens (including phenoxy) is 2. The number of Topliss-reactive ketones (excluding diaryl/α,β-unsaturated/α-hetero) is 1. The summed E-state index contributed by atoms with van der Waals surface area (Å²) in [6, 6.07) is 0. The molecule has 3 nitrogen and oxygen atoms in total. The summed E-state index contributed by atoms with van der Waals surface area (Å²) >= 11 is 0. The molecule has 1 rings (SSSR count). The van der Waals surface area contributed by atoms with Crippen LogP contribution in [0, 0.1) is 0 Å². The van der Waals surface area contributed by atoms with Gasteiger partial charge in [0.05, 0.1) is 12.7 Å². The van der Waals surface area contributed by atoms with Crippen LogP contribution in [0.15, 0.2) is 12.2 Å². The van der Waals surface area contributed by atoms with Gasteiger partial charge in [0.25, 0.3) is 0 Å². The molecule has 0 spiro atoms. The molecular formula is C9H14O3. The third-order valence-corrected chi connectivity index (χ3v) is 1.95. The third-order valence-electron chi connectivity index (χ3n) is 1.95. The first-order chi connectivity index (χ1) is 5.61. The Kier molecular flexibility index (Phi) is 3.00. The zero-order valence-electron chi connectivity index (χ0n) is 7.50. The SMILES string of the molecule is C=C(C)C(=O)COC1COC1C. The van der Waals surface area contributed by atoms with Crippen molar-refractivity contribution in [1.82, 2.24) is 0 Å². The van der Waals surface area contributed by atoms with Gasteiger partial charge in [0.15, 0.2) is 5.78 Å². The molecule has 1 aliphatic rings. The summed E-state index contributed by atoms with van der Waals surface area (Å²) in [6.07, 6.45) is 0.219. The maximum absolute atomic E-state index is 11.0. The summed E-state index contributed by atoms with van der Waals surface area (Å²) in [4.78, 5) is 11.0. The van der Waals surface area contributed by atoms with Gasteiger partial charge in [0.1, 0.15) is 12.7 Å². The Hall–Kier alpha value is -0.670. The van der Waals surface area contributed by atoms with E-state index in [-0.39, 0.29) is 24.6 Å². The smallest absolute Gasteiger partial charge is 0.183 e. The van der Waals surface area contributed by atoms with E-state index in [1.54, 1.807) is 6.92 Å². The maximum atomic E-state index is 11.0. The van der Waals surface area contributed by atoms with Crippen LogP contribution >= 0.6 is 0 Å². The lowest BCUT2D eigenvalue weighted by Crippen LogP contribution is -2.45. The molecule has 0 aromatic rings. The van der Waals surface area contributed by atoms with Crippen LogP contribution in [0.5, 0.6) is 0 Å². The molecule has 3 heteroatoms. The summed E-state index contributed by atoms with van der Waals surface area (Å²) in [6.45, 7) is 7.89. The van der Waals surface area contributed by atoms with Crippen LogP contribution in [0.4, 0.5) is 0 Å². The van der Waals surface area contributed by atoms with E-state index in [0.717, 1.165) is 0 Å². The summed E-state index contributed by atoms with van der Waals surface area (Å²) < 4.78 is 10.4. The highest BCUT2D eigenvalue weighted by Crippen LogP contribution is 2.15. The van der Waals surface area contributed by atoms with E-state index in [9.17, 15) is 4.79 Å². The van der Waals surface area contributed by atoms with Crippen LogP contribution < -0.4 is 0 Å². The van der Waals surface area contributed by atoms with Crippen molar-refractivity contribution in [2.45, 2.75) is 26.1 Å². The van der Waals surface area contributed by atoms with Crippen molar-refractivity contribution < 1.29 is 14.3 Å². The van der Waals surface area contributed by atoms with Gasteiger partial charge in [-0.3, -0.25) is 4.79 Å². The number of hydrogen-bond acceptors (Lipinski definition) is 3. The van der Waals surface area contributed by atoms with Crippen LogP contribution in [-0.4, -0.2) is 31.2 Å². The number of carbonyl (C=O) groups is 1. The Labute approximate surface area is 72.4 Å². The van der Waals surface area contributed by atoms with E-state index in [4.69, 9.17) is 9.47 Å². The topological polar surface area (TPSA) is 35.5 Å². The highest BCUT2D eigenvalue weighted by Gasteiger charge is 2.29. The molecule has 0 N–H and O–H groups in total. The number of hydrogen-bond donors (Lipinski definition) is 0. The van der Waals surface area contributed by atoms with Crippen molar-refractivity contribution in [3.8, 4) is 0 Å². The fourth-order valence-corrected chi connectivity index (χ4v) is 0.857. The maximum Gasteiger partial charge on any atom is 0.183 e. The molecule has 0 amide bonds. The normalized spacial score (nSPS) is 27.8. The van der Waals surface area contributed by atoms with Gasteiger partial charge in [0.2, 0.25) is 0 Å². The van der Waals surface area contributed by atoms with Gasteiger partial charge in [-0.2, -0.15) is 0 Å². The molecular weight excluding hydrogens is 156 g/mol. The lowest BCUT2D eigenvalue weighted by atomic mass is 10.1. The van der Waals surface area contributed by atoms with Crippen molar-refractivity contribution >= 4 is 5.78 Å². The molecule has 0 bridgehead atoms. The second kappa shape index (κ2) is 3.83. The zero-order valence-corrected chi connectivity index (χ0v) is 7.50. The highest BCUT2D eigenvalue weighted by atomic mass is 16.6. The number of carbonyl (C=O) groups excluding carboxylic acids is 1. The fourth-order valence-electron chi connectivity index (χ4n) is 0.857. The highest BCUT2D eigenvalue weighted by molar-refractivity contribution is 5.95. The quantitative estimate of drug-likeness (QED) is 0.589. The van der Waals surface area contributed by atoms with Gasteiger partial charge in [0, 0.05) is 0 Å². The molecule has 2 atom stereocenters. The molecule has 0 aliphatic carbocycles. The average molecular weight is 170 g/mol. The van der Waals surface area contributed by atoms with E-state index in [1.807, 2.05) is 6.92 Å². The monoisotopic (exact) mass is 170 g/mol. The Balaban J connectivity index is 2.17. The van der Waals surface area contributed by atoms with Gasteiger partial charge < -0.3 is 9.47 Å². The predicted molar refractivity (Wildman–Crippen MR) is 45.0 cm³/mol. The van der Waals surface area contributed by atoms with Crippen LogP contribution in [0.2, 0.25) is 0 Å². The van der Waals surface area contributed by atoms with Crippen LogP contribution in [0.3, 0.4) is 0 Å². The second-order valence-electron chi connectivity index (χ2n) is 3.09. The minimum atomic E-state index is -0.0332. The predicted octanol–water partition coefficient (Wildman–Crippen LogP) is 0.935. The van der Waals surface area contributed by atoms with Crippen molar-refractivity contribution in [2.24, 2.45) is 0 Å². The van der Waals surface area contributed by atoms with Crippen LogP contribution in [0.1, 0.15) is 13.8 Å². The summed E-state index contributed by atoms with van der Waals surface area (Å²) in [5, 5.41) is 0. The van der Waals surface area contributed by atoms with Crippen molar-refractivity contribution in [2.75, 3.05) is 13.2 Å². The molecule has 1 heterocycles. The van der Waals surface area contributed by atoms with Crippen LogP contribution in [0.25, 0.3) is 0 Å². The van der Waals surface area contributed by atoms with Crippen molar-refractivity contribution in [3.05, 3.63) is 12.2 Å². The van der Waals surface area contributed by atoms with Crippen LogP contribution in [-0.2, 0) is 14.3 Å². The Morgan fingerprint density at radius 2 is 2.42 bits per heavy atom. The third kappa shape index (κ3) is 2.16. The molecule has 0 aromatic carbocycles. The molecule has 1 fully saturated rings. The molecule has 0 saturated carbocycles. The lowest BCUT2D eigenvalue weighted by Gasteiger charge is -2.33. The van der Waals surface area contributed by atoms with E-state index in [0.29, 0.717) is 12.2 Å². The van der Waals surface area contributed by atoms with Gasteiger partial charge in [-0.05, 0) is 19.4 Å². The summed E-state index contributed by atoms with van der Waals surface area (Å²) in [7, 11) is 0. The summed E-state index contributed by atoms with van der Waals surface area (Å²) in [5.41, 5.74) is 0.544. The lowest BCUT2D eigenvalue weighted by molar-refractivity contribution is -0.180. The number of ketones is 1. The molecule has 0 radical (unpaired) electrons. The van der Waals surface area contributed by atoms with E-state index < -0.39 is 0 Å². The minimum Gasteiger partial charge on any atom is -0.373 e. The van der Waals surface area contributed by atoms with Gasteiger partial charge in [-0.15, -0.1) is 0 Å². The van der Waals surface area contributed by atoms with Crippen molar-refractivity contribution in [1.29, 1.82) is 0 Å². The fraction of sp³-hybridized carbons (Fsp3) is 0.667. The Morgan fingerprint density at radius 1 is 1.75 bits per heavy atom. The Morgan fingerprint density at radius 3 is 2.75 bits per heavy atom. The number of rotatable bonds is 4. The summed E-state index contributed by atoms with van der Waals surface area (Å²) in [5.74, 6) is -0.0332. The molecule has 1 saturated heterocycles. The molecule has 12 heavy (non-hydrogen) atoms. The van der Waals surface area contributed by atoms with Gasteiger partial charge in [-0.1, -0.05) is 6.58 Å². The van der Waals surface area contributed by atoms with Crippen molar-refractivity contribution in [3.63, 3.8) is 0 Å². The molecule has 1 aliphatic heterocycles. The first kappa shape index (κ1) is 9.42. The molecule has 0 aromatic heterocycles. The first-order valence-electron chi connectivity index (χ1n) is 4.03. The standard InChI is InChI=1S/C9H14O3/c1-6(2)8(10)4-12-9-5-11-7(9)3/h7,9H,1,4-5H2,2-3H3. The first-order valence-corrected chi connectivity index (χ1v) is 4.03.